The molecule has 0 amide bonds. The number of nitrogens with zero attached hydrogens (tertiary/aromatic N) is 3. The van der Waals surface area contributed by atoms with E-state index in [-0.39, 0.29) is 0 Å². The lowest BCUT2D eigenvalue weighted by Gasteiger charge is -2.25. The first kappa shape index (κ1) is 11.8. The van der Waals surface area contributed by atoms with E-state index >= 15 is 0 Å². The van der Waals surface area contributed by atoms with Gasteiger partial charge in [0.25, 0.3) is 0 Å². The van der Waals surface area contributed by atoms with Gasteiger partial charge in [0, 0.05) is 0 Å². The fourth-order valence-corrected chi connectivity index (χ4v) is 2.09. The number of carboxylic acids is 1. The summed E-state index contributed by atoms with van der Waals surface area (Å²) in [5.74, 6) is -0.533. The van der Waals surface area contributed by atoms with E-state index in [0.717, 1.165) is 24.2 Å². The minimum atomic E-state index is -0.913. The molecule has 1 fully saturated rings. The molecule has 0 unspecified atom stereocenters. The molecule has 0 radical (unpaired) electrons. The molecule has 1 aliphatic carbocycles. The highest BCUT2D eigenvalue weighted by atomic mass is 16.4. The summed E-state index contributed by atoms with van der Waals surface area (Å²) in [6.07, 6.45) is 3.05. The monoisotopic (exact) mass is 236 g/mol. The van der Waals surface area contributed by atoms with Crippen molar-refractivity contribution in [3.05, 3.63) is 11.4 Å². The lowest BCUT2D eigenvalue weighted by Crippen LogP contribution is -2.44. The molecule has 92 valence electrons. The first-order valence-corrected chi connectivity index (χ1v) is 5.73. The predicted molar refractivity (Wildman–Crippen MR) is 61.8 cm³/mol. The fourth-order valence-electron chi connectivity index (χ4n) is 2.09. The molecule has 0 atom stereocenters. The number of hydrogen-bond donors (Lipinski definition) is 2. The van der Waals surface area contributed by atoms with Crippen molar-refractivity contribution in [2.24, 2.45) is 0 Å². The molecule has 6 nitrogen and oxygen atoms in total. The Hall–Kier alpha value is -1.72. The first-order valence-electron chi connectivity index (χ1n) is 5.73. The molecular formula is C11H16N4O2. The maximum atomic E-state index is 11.3. The SMILES string of the molecule is Cc1nnc(NC2(C(=O)O)CCCC2)nc1C. The van der Waals surface area contributed by atoms with Crippen LogP contribution in [0.1, 0.15) is 37.1 Å². The molecule has 1 aromatic heterocycles. The highest BCUT2D eigenvalue weighted by molar-refractivity contribution is 5.82. The molecule has 1 aliphatic rings. The molecule has 17 heavy (non-hydrogen) atoms. The number of rotatable bonds is 3. The summed E-state index contributed by atoms with van der Waals surface area (Å²) in [5.41, 5.74) is 0.607. The van der Waals surface area contributed by atoms with Gasteiger partial charge in [0.2, 0.25) is 5.95 Å². The van der Waals surface area contributed by atoms with Gasteiger partial charge in [-0.15, -0.1) is 5.10 Å². The lowest BCUT2D eigenvalue weighted by molar-refractivity contribution is -0.142. The Labute approximate surface area is 99.5 Å². The number of aryl methyl sites for hydroxylation is 2. The molecule has 0 aliphatic heterocycles. The molecule has 0 saturated heterocycles. The van der Waals surface area contributed by atoms with E-state index in [1.807, 2.05) is 13.8 Å². The maximum absolute atomic E-state index is 11.3. The third-order valence-corrected chi connectivity index (χ3v) is 3.31. The third-order valence-electron chi connectivity index (χ3n) is 3.31. The van der Waals surface area contributed by atoms with Crippen LogP contribution < -0.4 is 5.32 Å². The molecule has 0 bridgehead atoms. The van der Waals surface area contributed by atoms with Crippen molar-refractivity contribution in [3.63, 3.8) is 0 Å². The Bertz CT molecular complexity index is 441. The van der Waals surface area contributed by atoms with Gasteiger partial charge in [-0.05, 0) is 26.7 Å². The fraction of sp³-hybridized carbons (Fsp3) is 0.636. The van der Waals surface area contributed by atoms with Gasteiger partial charge in [0.15, 0.2) is 0 Å². The van der Waals surface area contributed by atoms with Crippen LogP contribution in [0.25, 0.3) is 0 Å². The molecule has 1 saturated carbocycles. The summed E-state index contributed by atoms with van der Waals surface area (Å²) in [4.78, 5) is 15.6. The van der Waals surface area contributed by atoms with E-state index in [2.05, 4.69) is 20.5 Å². The average molecular weight is 236 g/mol. The Morgan fingerprint density at radius 1 is 1.24 bits per heavy atom. The topological polar surface area (TPSA) is 88.0 Å². The van der Waals surface area contributed by atoms with Crippen molar-refractivity contribution in [3.8, 4) is 0 Å². The number of carboxylic acid groups (broad SMARTS) is 1. The normalized spacial score (nSPS) is 18.0. The van der Waals surface area contributed by atoms with Crippen molar-refractivity contribution < 1.29 is 9.90 Å². The summed E-state index contributed by atoms with van der Waals surface area (Å²) < 4.78 is 0. The van der Waals surface area contributed by atoms with Crippen LogP contribution in [0.15, 0.2) is 0 Å². The van der Waals surface area contributed by atoms with Crippen LogP contribution in [0, 0.1) is 13.8 Å². The molecule has 0 aromatic carbocycles. The smallest absolute Gasteiger partial charge is 0.329 e. The van der Waals surface area contributed by atoms with Crippen LogP contribution in [0.3, 0.4) is 0 Å². The second-order valence-electron chi connectivity index (χ2n) is 4.53. The molecule has 0 spiro atoms. The number of aliphatic carboxylic acids is 1. The van der Waals surface area contributed by atoms with Gasteiger partial charge in [0.1, 0.15) is 5.54 Å². The van der Waals surface area contributed by atoms with Gasteiger partial charge in [-0.25, -0.2) is 9.78 Å². The number of anilines is 1. The molecule has 2 rings (SSSR count). The second kappa shape index (κ2) is 4.27. The van der Waals surface area contributed by atoms with E-state index in [9.17, 15) is 9.90 Å². The van der Waals surface area contributed by atoms with E-state index < -0.39 is 11.5 Å². The highest BCUT2D eigenvalue weighted by Crippen LogP contribution is 2.32. The van der Waals surface area contributed by atoms with Gasteiger partial charge in [0.05, 0.1) is 11.4 Å². The predicted octanol–water partition coefficient (Wildman–Crippen LogP) is 1.30. The van der Waals surface area contributed by atoms with Crippen molar-refractivity contribution in [1.29, 1.82) is 0 Å². The lowest BCUT2D eigenvalue weighted by atomic mass is 9.98. The highest BCUT2D eigenvalue weighted by Gasteiger charge is 2.42. The van der Waals surface area contributed by atoms with Gasteiger partial charge in [-0.1, -0.05) is 12.8 Å². The number of nitrogens with one attached hydrogen (secondary N) is 1. The molecule has 6 heteroatoms. The quantitative estimate of drug-likeness (QED) is 0.822. The second-order valence-corrected chi connectivity index (χ2v) is 4.53. The van der Waals surface area contributed by atoms with Gasteiger partial charge < -0.3 is 10.4 Å². The van der Waals surface area contributed by atoms with E-state index in [4.69, 9.17) is 0 Å². The minimum absolute atomic E-state index is 0.303. The Kier molecular flexibility index (Phi) is 2.95. The van der Waals surface area contributed by atoms with Gasteiger partial charge >= 0.3 is 5.97 Å². The molecule has 1 aromatic rings. The van der Waals surface area contributed by atoms with Crippen molar-refractivity contribution in [2.45, 2.75) is 45.1 Å². The zero-order valence-corrected chi connectivity index (χ0v) is 10.0. The zero-order chi connectivity index (χ0) is 12.5. The average Bonchev–Trinajstić information content (AvgIpc) is 2.73. The number of carbonyl (C=O) groups is 1. The van der Waals surface area contributed by atoms with E-state index in [0.29, 0.717) is 18.8 Å². The van der Waals surface area contributed by atoms with Crippen LogP contribution in [0.4, 0.5) is 5.95 Å². The maximum Gasteiger partial charge on any atom is 0.329 e. The van der Waals surface area contributed by atoms with Gasteiger partial charge in [-0.3, -0.25) is 0 Å². The number of aromatic nitrogens is 3. The Morgan fingerprint density at radius 3 is 2.41 bits per heavy atom. The van der Waals surface area contributed by atoms with Crippen LogP contribution in [-0.2, 0) is 4.79 Å². The van der Waals surface area contributed by atoms with Crippen molar-refractivity contribution in [1.82, 2.24) is 15.2 Å². The standard InChI is InChI=1S/C11H16N4O2/c1-7-8(2)14-15-10(12-7)13-11(9(16)17)5-3-4-6-11/h3-6H2,1-2H3,(H,16,17)(H,12,13,15). The summed E-state index contributed by atoms with van der Waals surface area (Å²) in [6, 6.07) is 0. The summed E-state index contributed by atoms with van der Waals surface area (Å²) >= 11 is 0. The minimum Gasteiger partial charge on any atom is -0.480 e. The van der Waals surface area contributed by atoms with Crippen LogP contribution in [0.5, 0.6) is 0 Å². The first-order chi connectivity index (χ1) is 8.03. The van der Waals surface area contributed by atoms with E-state index in [1.54, 1.807) is 0 Å². The largest absolute Gasteiger partial charge is 0.480 e. The summed E-state index contributed by atoms with van der Waals surface area (Å²) in [5, 5.41) is 20.1. The van der Waals surface area contributed by atoms with Gasteiger partial charge in [-0.2, -0.15) is 5.10 Å². The number of hydrogen-bond acceptors (Lipinski definition) is 5. The molecular weight excluding hydrogens is 220 g/mol. The van der Waals surface area contributed by atoms with Crippen molar-refractivity contribution >= 4 is 11.9 Å². The zero-order valence-electron chi connectivity index (χ0n) is 10.0. The molecule has 1 heterocycles. The van der Waals surface area contributed by atoms with Crippen LogP contribution in [-0.4, -0.2) is 31.8 Å². The summed E-state index contributed by atoms with van der Waals surface area (Å²) in [7, 11) is 0. The Morgan fingerprint density at radius 2 is 1.88 bits per heavy atom. The van der Waals surface area contributed by atoms with Crippen LogP contribution in [0.2, 0.25) is 0 Å². The molecule has 2 N–H and O–H groups in total. The Balaban J connectivity index is 2.23. The van der Waals surface area contributed by atoms with Crippen molar-refractivity contribution in [2.75, 3.05) is 5.32 Å². The summed E-state index contributed by atoms with van der Waals surface area (Å²) in [6.45, 7) is 3.65. The van der Waals surface area contributed by atoms with Crippen LogP contribution >= 0.6 is 0 Å². The third kappa shape index (κ3) is 2.20. The van der Waals surface area contributed by atoms with E-state index in [1.165, 1.54) is 0 Å².